The minimum absolute atomic E-state index is 0.881. The van der Waals surface area contributed by atoms with Crippen molar-refractivity contribution in [3.05, 3.63) is 54.2 Å². The molecule has 0 aliphatic carbocycles. The lowest BCUT2D eigenvalue weighted by molar-refractivity contribution is 1.01. The quantitative estimate of drug-likeness (QED) is 0.889. The molecule has 2 N–H and O–H groups in total. The fraction of sp³-hybridized carbons (Fsp3) is 0.250. The highest BCUT2D eigenvalue weighted by atomic mass is 32.2. The molecule has 0 saturated carbocycles. The third kappa shape index (κ3) is 4.23. The number of hydrogen-bond donors (Lipinski definition) is 2. The van der Waals surface area contributed by atoms with Crippen molar-refractivity contribution in [2.24, 2.45) is 4.99 Å². The molecule has 5 heteroatoms. The summed E-state index contributed by atoms with van der Waals surface area (Å²) >= 11 is 1.77. The van der Waals surface area contributed by atoms with Crippen LogP contribution in [0.4, 0.5) is 11.5 Å². The number of benzene rings is 1. The van der Waals surface area contributed by atoms with Crippen LogP contribution in [0.2, 0.25) is 0 Å². The molecule has 0 unspecified atom stereocenters. The van der Waals surface area contributed by atoms with E-state index in [1.807, 2.05) is 18.2 Å². The van der Waals surface area contributed by atoms with Crippen LogP contribution >= 0.6 is 11.8 Å². The van der Waals surface area contributed by atoms with Crippen molar-refractivity contribution >= 4 is 28.4 Å². The molecule has 21 heavy (non-hydrogen) atoms. The van der Waals surface area contributed by atoms with Gasteiger partial charge in [0.25, 0.3) is 0 Å². The Kier molecular flexibility index (Phi) is 4.74. The number of aliphatic imine (C=N–C) groups is 1. The second kappa shape index (κ2) is 7.13. The van der Waals surface area contributed by atoms with Gasteiger partial charge in [-0.05, 0) is 36.2 Å². The molecule has 0 saturated heterocycles. The number of rotatable bonds is 5. The van der Waals surface area contributed by atoms with E-state index in [1.54, 1.807) is 18.0 Å². The zero-order chi connectivity index (χ0) is 14.3. The second-order valence-electron chi connectivity index (χ2n) is 4.75. The van der Waals surface area contributed by atoms with Gasteiger partial charge >= 0.3 is 0 Å². The van der Waals surface area contributed by atoms with Gasteiger partial charge in [-0.2, -0.15) is 0 Å². The van der Waals surface area contributed by atoms with Crippen LogP contribution in [0.1, 0.15) is 5.56 Å². The van der Waals surface area contributed by atoms with E-state index in [0.29, 0.717) is 0 Å². The Bertz CT molecular complexity index is 595. The molecular weight excluding hydrogens is 280 g/mol. The topological polar surface area (TPSA) is 49.3 Å². The van der Waals surface area contributed by atoms with E-state index in [2.05, 4.69) is 44.9 Å². The number of nitrogens with zero attached hydrogens (tertiary/aromatic N) is 2. The number of pyridine rings is 1. The molecule has 4 nitrogen and oxygen atoms in total. The van der Waals surface area contributed by atoms with Crippen molar-refractivity contribution in [2.45, 2.75) is 6.42 Å². The lowest BCUT2D eigenvalue weighted by atomic mass is 10.1. The zero-order valence-electron chi connectivity index (χ0n) is 11.7. The molecule has 2 heterocycles. The molecule has 0 atom stereocenters. The average Bonchev–Trinajstić information content (AvgIpc) is 3.03. The van der Waals surface area contributed by atoms with Gasteiger partial charge in [-0.1, -0.05) is 30.0 Å². The Labute approximate surface area is 129 Å². The first kappa shape index (κ1) is 13.9. The Hall–Kier alpha value is -2.01. The summed E-state index contributed by atoms with van der Waals surface area (Å²) < 4.78 is 0. The third-order valence-corrected chi connectivity index (χ3v) is 4.07. The molecule has 0 bridgehead atoms. The predicted octanol–water partition coefficient (Wildman–Crippen LogP) is 3.25. The van der Waals surface area contributed by atoms with Gasteiger partial charge < -0.3 is 10.6 Å². The standard InChI is InChI=1S/C16H18N4S/c1-2-9-17-15(3-1)18-10-8-13-4-6-14(7-5-13)20-16-19-11-12-21-16/h1-7,9H,8,10-12H2,(H,17,18)(H,19,20). The van der Waals surface area contributed by atoms with E-state index in [1.165, 1.54) is 5.56 Å². The average molecular weight is 298 g/mol. The first-order valence-electron chi connectivity index (χ1n) is 7.08. The largest absolute Gasteiger partial charge is 0.370 e. The molecule has 0 fully saturated rings. The summed E-state index contributed by atoms with van der Waals surface area (Å²) in [6.45, 7) is 1.80. The maximum absolute atomic E-state index is 4.39. The second-order valence-corrected chi connectivity index (χ2v) is 5.83. The highest BCUT2D eigenvalue weighted by Gasteiger charge is 2.06. The van der Waals surface area contributed by atoms with Crippen molar-refractivity contribution in [3.8, 4) is 0 Å². The first-order valence-corrected chi connectivity index (χ1v) is 8.07. The van der Waals surface area contributed by atoms with Crippen molar-refractivity contribution in [3.63, 3.8) is 0 Å². The summed E-state index contributed by atoms with van der Waals surface area (Å²) in [4.78, 5) is 8.63. The minimum Gasteiger partial charge on any atom is -0.370 e. The zero-order valence-corrected chi connectivity index (χ0v) is 12.6. The molecule has 0 radical (unpaired) electrons. The van der Waals surface area contributed by atoms with Gasteiger partial charge in [-0.25, -0.2) is 4.98 Å². The summed E-state index contributed by atoms with van der Waals surface area (Å²) in [5, 5.41) is 7.68. The van der Waals surface area contributed by atoms with Gasteiger partial charge in [-0.15, -0.1) is 0 Å². The first-order chi connectivity index (χ1) is 10.4. The Morgan fingerprint density at radius 1 is 1.10 bits per heavy atom. The predicted molar refractivity (Wildman–Crippen MR) is 91.3 cm³/mol. The van der Waals surface area contributed by atoms with Gasteiger partial charge in [0.1, 0.15) is 5.82 Å². The van der Waals surface area contributed by atoms with Gasteiger partial charge in [0.15, 0.2) is 5.17 Å². The Balaban J connectivity index is 1.48. The molecule has 108 valence electrons. The van der Waals surface area contributed by atoms with Crippen LogP contribution in [-0.2, 0) is 6.42 Å². The monoisotopic (exact) mass is 298 g/mol. The summed E-state index contributed by atoms with van der Waals surface area (Å²) in [6.07, 6.45) is 2.78. The summed E-state index contributed by atoms with van der Waals surface area (Å²) in [6, 6.07) is 14.4. The van der Waals surface area contributed by atoms with E-state index < -0.39 is 0 Å². The molecule has 0 amide bonds. The SMILES string of the molecule is c1ccc(NCCc2ccc(NC3=NCCS3)cc2)nc1. The van der Waals surface area contributed by atoms with Gasteiger partial charge in [0.05, 0.1) is 6.54 Å². The number of aromatic nitrogens is 1. The lowest BCUT2D eigenvalue weighted by Gasteiger charge is -2.08. The van der Waals surface area contributed by atoms with Crippen LogP contribution in [0.5, 0.6) is 0 Å². The van der Waals surface area contributed by atoms with E-state index in [0.717, 1.165) is 41.9 Å². The molecular formula is C16H18N4S. The van der Waals surface area contributed by atoms with Crippen LogP contribution in [0.3, 0.4) is 0 Å². The number of hydrogen-bond acceptors (Lipinski definition) is 5. The fourth-order valence-electron chi connectivity index (χ4n) is 2.09. The van der Waals surface area contributed by atoms with Crippen molar-refractivity contribution in [2.75, 3.05) is 29.5 Å². The smallest absolute Gasteiger partial charge is 0.161 e. The van der Waals surface area contributed by atoms with Gasteiger partial charge in [-0.3, -0.25) is 4.99 Å². The fourth-order valence-corrected chi connectivity index (χ4v) is 2.84. The van der Waals surface area contributed by atoms with Crippen LogP contribution in [0, 0.1) is 0 Å². The van der Waals surface area contributed by atoms with Crippen LogP contribution in [-0.4, -0.2) is 29.0 Å². The van der Waals surface area contributed by atoms with E-state index in [-0.39, 0.29) is 0 Å². The summed E-state index contributed by atoms with van der Waals surface area (Å²) in [5.41, 5.74) is 2.41. The summed E-state index contributed by atoms with van der Waals surface area (Å²) in [5.74, 6) is 2.01. The third-order valence-electron chi connectivity index (χ3n) is 3.18. The summed E-state index contributed by atoms with van der Waals surface area (Å²) in [7, 11) is 0. The minimum atomic E-state index is 0.881. The maximum atomic E-state index is 4.39. The Morgan fingerprint density at radius 3 is 2.71 bits per heavy atom. The number of amidine groups is 1. The van der Waals surface area contributed by atoms with E-state index in [9.17, 15) is 0 Å². The van der Waals surface area contributed by atoms with E-state index >= 15 is 0 Å². The normalized spacial score (nSPS) is 13.8. The van der Waals surface area contributed by atoms with Crippen molar-refractivity contribution < 1.29 is 0 Å². The molecule has 2 aromatic rings. The number of nitrogens with one attached hydrogen (secondary N) is 2. The van der Waals surface area contributed by atoms with Gasteiger partial charge in [0.2, 0.25) is 0 Å². The molecule has 1 aliphatic heterocycles. The highest BCUT2D eigenvalue weighted by Crippen LogP contribution is 2.16. The molecule has 0 spiro atoms. The number of anilines is 2. The van der Waals surface area contributed by atoms with Crippen LogP contribution < -0.4 is 10.6 Å². The highest BCUT2D eigenvalue weighted by molar-refractivity contribution is 8.14. The molecule has 1 aromatic heterocycles. The van der Waals surface area contributed by atoms with Gasteiger partial charge in [0, 0.05) is 24.2 Å². The lowest BCUT2D eigenvalue weighted by Crippen LogP contribution is -2.07. The van der Waals surface area contributed by atoms with Crippen molar-refractivity contribution in [1.82, 2.24) is 4.98 Å². The Morgan fingerprint density at radius 2 is 2.00 bits per heavy atom. The molecule has 1 aromatic carbocycles. The molecule has 3 rings (SSSR count). The number of thioether (sulfide) groups is 1. The van der Waals surface area contributed by atoms with E-state index in [4.69, 9.17) is 0 Å². The van der Waals surface area contributed by atoms with Crippen LogP contribution in [0.25, 0.3) is 0 Å². The van der Waals surface area contributed by atoms with Crippen LogP contribution in [0.15, 0.2) is 53.7 Å². The molecule has 1 aliphatic rings. The van der Waals surface area contributed by atoms with Crippen molar-refractivity contribution in [1.29, 1.82) is 0 Å². The maximum Gasteiger partial charge on any atom is 0.161 e.